The summed E-state index contributed by atoms with van der Waals surface area (Å²) >= 11 is 0. The van der Waals surface area contributed by atoms with Gasteiger partial charge < -0.3 is 9.88 Å². The summed E-state index contributed by atoms with van der Waals surface area (Å²) in [6.07, 6.45) is 1.58. The second-order valence-electron chi connectivity index (χ2n) is 5.63. The highest BCUT2D eigenvalue weighted by atomic mass is 16.1. The highest BCUT2D eigenvalue weighted by Crippen LogP contribution is 2.28. The Morgan fingerprint density at radius 2 is 1.75 bits per heavy atom. The summed E-state index contributed by atoms with van der Waals surface area (Å²) in [4.78, 5) is 16.7. The first-order valence-electron chi connectivity index (χ1n) is 8.08. The lowest BCUT2D eigenvalue weighted by atomic mass is 9.98. The number of benzene rings is 2. The molecule has 3 rings (SSSR count). The highest BCUT2D eigenvalue weighted by molar-refractivity contribution is 5.90. The number of nitriles is 1. The number of rotatable bonds is 4. The van der Waals surface area contributed by atoms with Gasteiger partial charge in [-0.1, -0.05) is 18.2 Å². The van der Waals surface area contributed by atoms with E-state index in [1.54, 1.807) is 12.3 Å². The Kier molecular flexibility index (Phi) is 4.35. The molecule has 0 fully saturated rings. The first-order chi connectivity index (χ1) is 11.7. The number of hydrogen-bond donors (Lipinski definition) is 1. The van der Waals surface area contributed by atoms with Gasteiger partial charge in [-0.15, -0.1) is 0 Å². The Labute approximate surface area is 141 Å². The van der Waals surface area contributed by atoms with Crippen LogP contribution in [0.4, 0.5) is 5.69 Å². The third kappa shape index (κ3) is 2.77. The number of aromatic nitrogens is 1. The van der Waals surface area contributed by atoms with E-state index in [0.29, 0.717) is 5.56 Å². The largest absolute Gasteiger partial charge is 0.372 e. The SMILES string of the molecule is CCN(CC)c1ccc2cc(-c3cc[nH]c(=O)c3C#N)ccc2c1. The minimum atomic E-state index is -0.355. The number of nitrogens with one attached hydrogen (secondary N) is 1. The Balaban J connectivity index is 2.11. The second-order valence-corrected chi connectivity index (χ2v) is 5.63. The van der Waals surface area contributed by atoms with Crippen molar-refractivity contribution in [2.75, 3.05) is 18.0 Å². The lowest BCUT2D eigenvalue weighted by molar-refractivity contribution is 0.867. The van der Waals surface area contributed by atoms with Gasteiger partial charge in [0.05, 0.1) is 0 Å². The van der Waals surface area contributed by atoms with E-state index in [4.69, 9.17) is 0 Å². The molecule has 0 amide bonds. The third-order valence-corrected chi connectivity index (χ3v) is 4.34. The summed E-state index contributed by atoms with van der Waals surface area (Å²) < 4.78 is 0. The van der Waals surface area contributed by atoms with E-state index in [1.165, 1.54) is 5.69 Å². The number of hydrogen-bond acceptors (Lipinski definition) is 3. The Bertz CT molecular complexity index is 978. The van der Waals surface area contributed by atoms with Gasteiger partial charge in [-0.25, -0.2) is 0 Å². The quantitative estimate of drug-likeness (QED) is 0.793. The first kappa shape index (κ1) is 15.8. The molecule has 0 radical (unpaired) electrons. The number of anilines is 1. The smallest absolute Gasteiger partial charge is 0.266 e. The van der Waals surface area contributed by atoms with Crippen LogP contribution in [0, 0.1) is 11.3 Å². The van der Waals surface area contributed by atoms with E-state index in [9.17, 15) is 10.1 Å². The van der Waals surface area contributed by atoms with Crippen molar-refractivity contribution in [2.24, 2.45) is 0 Å². The van der Waals surface area contributed by atoms with Gasteiger partial charge in [0.25, 0.3) is 5.56 Å². The van der Waals surface area contributed by atoms with Crippen LogP contribution >= 0.6 is 0 Å². The van der Waals surface area contributed by atoms with Gasteiger partial charge in [0, 0.05) is 30.5 Å². The summed E-state index contributed by atoms with van der Waals surface area (Å²) in [7, 11) is 0. The summed E-state index contributed by atoms with van der Waals surface area (Å²) in [6, 6.07) is 16.2. The fourth-order valence-corrected chi connectivity index (χ4v) is 3.02. The minimum absolute atomic E-state index is 0.150. The van der Waals surface area contributed by atoms with Crippen molar-refractivity contribution in [3.05, 3.63) is 64.6 Å². The zero-order chi connectivity index (χ0) is 17.1. The van der Waals surface area contributed by atoms with Gasteiger partial charge >= 0.3 is 0 Å². The Morgan fingerprint density at radius 3 is 2.46 bits per heavy atom. The minimum Gasteiger partial charge on any atom is -0.372 e. The van der Waals surface area contributed by atoms with Gasteiger partial charge in [-0.3, -0.25) is 4.79 Å². The van der Waals surface area contributed by atoms with Crippen LogP contribution in [0.2, 0.25) is 0 Å². The maximum absolute atomic E-state index is 11.8. The van der Waals surface area contributed by atoms with Gasteiger partial charge in [0.15, 0.2) is 0 Å². The molecule has 0 aliphatic heterocycles. The van der Waals surface area contributed by atoms with E-state index in [2.05, 4.69) is 41.9 Å². The first-order valence-corrected chi connectivity index (χ1v) is 8.08. The zero-order valence-corrected chi connectivity index (χ0v) is 13.8. The number of fused-ring (bicyclic) bond motifs is 1. The van der Waals surface area contributed by atoms with Crippen molar-refractivity contribution in [3.8, 4) is 17.2 Å². The molecule has 4 heteroatoms. The van der Waals surface area contributed by atoms with Crippen molar-refractivity contribution in [1.29, 1.82) is 5.26 Å². The van der Waals surface area contributed by atoms with Gasteiger partial charge in [0.2, 0.25) is 0 Å². The van der Waals surface area contributed by atoms with Crippen molar-refractivity contribution in [1.82, 2.24) is 4.98 Å². The zero-order valence-electron chi connectivity index (χ0n) is 13.8. The van der Waals surface area contributed by atoms with Gasteiger partial charge in [-0.2, -0.15) is 5.26 Å². The van der Waals surface area contributed by atoms with Crippen LogP contribution in [0.1, 0.15) is 19.4 Å². The molecule has 4 nitrogen and oxygen atoms in total. The summed E-state index contributed by atoms with van der Waals surface area (Å²) in [5, 5.41) is 11.5. The summed E-state index contributed by atoms with van der Waals surface area (Å²) in [6.45, 7) is 6.23. The van der Waals surface area contributed by atoms with Crippen LogP contribution in [0.25, 0.3) is 21.9 Å². The van der Waals surface area contributed by atoms with Crippen LogP contribution in [0.3, 0.4) is 0 Å². The molecule has 2 aromatic carbocycles. The molecule has 0 aliphatic rings. The fraction of sp³-hybridized carbons (Fsp3) is 0.200. The van der Waals surface area contributed by atoms with Crippen molar-refractivity contribution in [3.63, 3.8) is 0 Å². The molecule has 3 aromatic rings. The number of nitrogens with zero attached hydrogens (tertiary/aromatic N) is 2. The molecular weight excluding hydrogens is 298 g/mol. The monoisotopic (exact) mass is 317 g/mol. The molecular formula is C20H19N3O. The second kappa shape index (κ2) is 6.59. The van der Waals surface area contributed by atoms with E-state index in [1.807, 2.05) is 24.3 Å². The number of aromatic amines is 1. The molecule has 0 saturated carbocycles. The molecule has 24 heavy (non-hydrogen) atoms. The van der Waals surface area contributed by atoms with Gasteiger partial charge in [0.1, 0.15) is 11.6 Å². The van der Waals surface area contributed by atoms with Crippen LogP contribution in [-0.2, 0) is 0 Å². The predicted molar refractivity (Wildman–Crippen MR) is 98.3 cm³/mol. The molecule has 0 atom stereocenters. The molecule has 0 unspecified atom stereocenters. The maximum Gasteiger partial charge on any atom is 0.266 e. The average molecular weight is 317 g/mol. The summed E-state index contributed by atoms with van der Waals surface area (Å²) in [5.74, 6) is 0. The van der Waals surface area contributed by atoms with E-state index >= 15 is 0 Å². The number of H-pyrrole nitrogens is 1. The molecule has 1 N–H and O–H groups in total. The average Bonchev–Trinajstić information content (AvgIpc) is 2.62. The van der Waals surface area contributed by atoms with Crippen LogP contribution in [0.15, 0.2) is 53.5 Å². The van der Waals surface area contributed by atoms with Crippen LogP contribution < -0.4 is 10.5 Å². The molecule has 120 valence electrons. The van der Waals surface area contributed by atoms with Crippen molar-refractivity contribution >= 4 is 16.5 Å². The van der Waals surface area contributed by atoms with E-state index < -0.39 is 0 Å². The number of pyridine rings is 1. The Hall–Kier alpha value is -3.06. The van der Waals surface area contributed by atoms with Crippen molar-refractivity contribution in [2.45, 2.75) is 13.8 Å². The van der Waals surface area contributed by atoms with E-state index in [0.717, 1.165) is 29.4 Å². The van der Waals surface area contributed by atoms with Crippen LogP contribution in [0.5, 0.6) is 0 Å². The topological polar surface area (TPSA) is 59.9 Å². The van der Waals surface area contributed by atoms with E-state index in [-0.39, 0.29) is 11.1 Å². The lowest BCUT2D eigenvalue weighted by Crippen LogP contribution is -2.21. The molecule has 0 aliphatic carbocycles. The highest BCUT2D eigenvalue weighted by Gasteiger charge is 2.10. The third-order valence-electron chi connectivity index (χ3n) is 4.34. The molecule has 0 saturated heterocycles. The van der Waals surface area contributed by atoms with Gasteiger partial charge in [-0.05, 0) is 54.4 Å². The lowest BCUT2D eigenvalue weighted by Gasteiger charge is -2.21. The molecule has 0 spiro atoms. The fourth-order valence-electron chi connectivity index (χ4n) is 3.02. The summed E-state index contributed by atoms with van der Waals surface area (Å²) in [5.41, 5.74) is 2.54. The standard InChI is InChI=1S/C20H19N3O/c1-3-23(4-2)17-8-7-14-11-16(6-5-15(14)12-17)18-9-10-22-20(24)19(18)13-21/h5-12H,3-4H2,1-2H3,(H,22,24). The Morgan fingerprint density at radius 1 is 1.04 bits per heavy atom. The van der Waals surface area contributed by atoms with Crippen molar-refractivity contribution < 1.29 is 0 Å². The molecule has 0 bridgehead atoms. The maximum atomic E-state index is 11.8. The predicted octanol–water partition coefficient (Wildman–Crippen LogP) is 3.91. The van der Waals surface area contributed by atoms with Crippen LogP contribution in [-0.4, -0.2) is 18.1 Å². The molecule has 1 aromatic heterocycles. The normalized spacial score (nSPS) is 10.5. The molecule has 1 heterocycles.